The summed E-state index contributed by atoms with van der Waals surface area (Å²) >= 11 is 1.43. The number of hydrogen-bond acceptors (Lipinski definition) is 4. The van der Waals surface area contributed by atoms with E-state index in [9.17, 15) is 13.2 Å². The highest BCUT2D eigenvalue weighted by atomic mass is 32.2. The van der Waals surface area contributed by atoms with Gasteiger partial charge in [0.15, 0.2) is 14.6 Å². The van der Waals surface area contributed by atoms with Crippen molar-refractivity contribution in [1.82, 2.24) is 4.57 Å². The molecular weight excluding hydrogens is 392 g/mol. The molecule has 0 aliphatic carbocycles. The fourth-order valence-electron chi connectivity index (χ4n) is 3.16. The number of nitrogens with zero attached hydrogens (tertiary/aromatic N) is 2. The smallest absolute Gasteiger partial charge is 0.279 e. The lowest BCUT2D eigenvalue weighted by atomic mass is 10.1. The second kappa shape index (κ2) is 7.00. The third kappa shape index (κ3) is 3.16. The van der Waals surface area contributed by atoms with Crippen LogP contribution in [0.25, 0.3) is 21.0 Å². The lowest BCUT2D eigenvalue weighted by Crippen LogP contribution is -2.13. The zero-order chi connectivity index (χ0) is 19.9. The van der Waals surface area contributed by atoms with Crippen molar-refractivity contribution < 1.29 is 13.2 Å². The number of fused-ring (bicyclic) bond motifs is 3. The van der Waals surface area contributed by atoms with Gasteiger partial charge in [0.1, 0.15) is 0 Å². The van der Waals surface area contributed by atoms with Gasteiger partial charge in [-0.2, -0.15) is 4.99 Å². The third-order valence-corrected chi connectivity index (χ3v) is 7.53. The fourth-order valence-corrected chi connectivity index (χ4v) is 5.12. The molecule has 7 heteroatoms. The predicted molar refractivity (Wildman–Crippen MR) is 112 cm³/mol. The number of carbonyl (C=O) groups excluding carboxylic acids is 1. The monoisotopic (exact) mass is 410 g/mol. The van der Waals surface area contributed by atoms with Crippen LogP contribution in [0, 0.1) is 0 Å². The van der Waals surface area contributed by atoms with Gasteiger partial charge in [0.05, 0.1) is 20.9 Å². The Bertz CT molecular complexity index is 1400. The van der Waals surface area contributed by atoms with Gasteiger partial charge in [0, 0.05) is 18.0 Å². The zero-order valence-electron chi connectivity index (χ0n) is 15.4. The summed E-state index contributed by atoms with van der Waals surface area (Å²) in [6.45, 7) is 1.58. The molecule has 0 bridgehead atoms. The van der Waals surface area contributed by atoms with Gasteiger partial charge < -0.3 is 4.57 Å². The molecule has 142 valence electrons. The van der Waals surface area contributed by atoms with Crippen LogP contribution in [0.15, 0.2) is 70.6 Å². The molecule has 1 amide bonds. The summed E-state index contributed by atoms with van der Waals surface area (Å²) in [7, 11) is -1.49. The van der Waals surface area contributed by atoms with Crippen LogP contribution in [-0.2, 0) is 16.9 Å². The summed E-state index contributed by atoms with van der Waals surface area (Å²) in [6.07, 6.45) is 0. The first-order valence-electron chi connectivity index (χ1n) is 8.80. The number of amides is 1. The van der Waals surface area contributed by atoms with Crippen molar-refractivity contribution in [2.75, 3.05) is 5.75 Å². The molecular formula is C21H18N2O3S2. The number of carbonyl (C=O) groups is 1. The molecule has 4 aromatic rings. The van der Waals surface area contributed by atoms with Crippen molar-refractivity contribution >= 4 is 48.1 Å². The number of aryl methyl sites for hydroxylation is 1. The molecule has 28 heavy (non-hydrogen) atoms. The first-order valence-corrected chi connectivity index (χ1v) is 11.3. The van der Waals surface area contributed by atoms with Gasteiger partial charge in [0.25, 0.3) is 5.91 Å². The zero-order valence-corrected chi connectivity index (χ0v) is 17.0. The van der Waals surface area contributed by atoms with Crippen molar-refractivity contribution in [3.63, 3.8) is 0 Å². The van der Waals surface area contributed by atoms with Crippen LogP contribution in [0.2, 0.25) is 0 Å². The summed E-state index contributed by atoms with van der Waals surface area (Å²) < 4.78 is 27.1. The van der Waals surface area contributed by atoms with Gasteiger partial charge in [-0.25, -0.2) is 8.42 Å². The Hall–Kier alpha value is -2.77. The Balaban J connectivity index is 1.85. The first-order chi connectivity index (χ1) is 13.4. The van der Waals surface area contributed by atoms with E-state index in [2.05, 4.69) is 17.1 Å². The molecule has 0 aliphatic rings. The minimum Gasteiger partial charge on any atom is -0.319 e. The number of thiazole rings is 1. The van der Waals surface area contributed by atoms with E-state index in [1.807, 2.05) is 35.9 Å². The second-order valence-corrected chi connectivity index (χ2v) is 9.71. The molecule has 0 aliphatic heterocycles. The Morgan fingerprint density at radius 3 is 2.64 bits per heavy atom. The molecule has 0 radical (unpaired) electrons. The molecule has 1 aromatic heterocycles. The summed E-state index contributed by atoms with van der Waals surface area (Å²) in [5.41, 5.74) is 1.29. The van der Waals surface area contributed by atoms with E-state index in [1.165, 1.54) is 23.5 Å². The van der Waals surface area contributed by atoms with Crippen LogP contribution < -0.4 is 4.80 Å². The summed E-state index contributed by atoms with van der Waals surface area (Å²) in [5.74, 6) is -0.472. The van der Waals surface area contributed by atoms with Crippen molar-refractivity contribution in [3.8, 4) is 0 Å². The molecule has 0 unspecified atom stereocenters. The molecule has 5 nitrogen and oxygen atoms in total. The number of aromatic nitrogens is 1. The highest BCUT2D eigenvalue weighted by Crippen LogP contribution is 2.26. The second-order valence-electron chi connectivity index (χ2n) is 6.43. The maximum atomic E-state index is 12.7. The Labute approximate surface area is 166 Å². The van der Waals surface area contributed by atoms with E-state index in [0.29, 0.717) is 4.80 Å². The number of hydrogen-bond donors (Lipinski definition) is 0. The fraction of sp³-hybridized carbons (Fsp3) is 0.143. The molecule has 0 spiro atoms. The average Bonchev–Trinajstić information content (AvgIpc) is 3.04. The molecule has 0 atom stereocenters. The molecule has 0 N–H and O–H groups in total. The van der Waals surface area contributed by atoms with E-state index in [-0.39, 0.29) is 16.2 Å². The number of rotatable bonds is 3. The van der Waals surface area contributed by atoms with E-state index < -0.39 is 15.7 Å². The average molecular weight is 411 g/mol. The van der Waals surface area contributed by atoms with Gasteiger partial charge in [-0.1, -0.05) is 54.7 Å². The van der Waals surface area contributed by atoms with Crippen LogP contribution in [0.1, 0.15) is 17.3 Å². The normalized spacial score (nSPS) is 12.7. The standard InChI is InChI=1S/C21H18N2O3S2/c1-3-28(25,26)16-9-6-8-15(13-16)20(24)22-21-23(2)19-17-10-5-4-7-14(17)11-12-18(19)27-21/h4-13H,3H2,1-2H3. The van der Waals surface area contributed by atoms with E-state index in [4.69, 9.17) is 0 Å². The van der Waals surface area contributed by atoms with Gasteiger partial charge in [-0.3, -0.25) is 4.79 Å². The molecule has 3 aromatic carbocycles. The minimum absolute atomic E-state index is 0.0138. The van der Waals surface area contributed by atoms with Crippen LogP contribution in [0.4, 0.5) is 0 Å². The van der Waals surface area contributed by atoms with Gasteiger partial charge in [-0.05, 0) is 29.7 Å². The Morgan fingerprint density at radius 2 is 1.86 bits per heavy atom. The van der Waals surface area contributed by atoms with Crippen molar-refractivity contribution in [2.24, 2.45) is 12.0 Å². The molecule has 4 rings (SSSR count). The van der Waals surface area contributed by atoms with E-state index >= 15 is 0 Å². The van der Waals surface area contributed by atoms with Crippen LogP contribution in [-0.4, -0.2) is 24.6 Å². The lowest BCUT2D eigenvalue weighted by Gasteiger charge is -2.03. The van der Waals surface area contributed by atoms with Crippen molar-refractivity contribution in [2.45, 2.75) is 11.8 Å². The van der Waals surface area contributed by atoms with Gasteiger partial charge >= 0.3 is 0 Å². The van der Waals surface area contributed by atoms with Crippen molar-refractivity contribution in [1.29, 1.82) is 0 Å². The summed E-state index contributed by atoms with van der Waals surface area (Å²) in [4.78, 5) is 17.7. The lowest BCUT2D eigenvalue weighted by molar-refractivity contribution is 0.0997. The highest BCUT2D eigenvalue weighted by molar-refractivity contribution is 7.91. The SMILES string of the molecule is CCS(=O)(=O)c1cccc(C(=O)N=c2sc3ccc4ccccc4c3n2C)c1. The van der Waals surface area contributed by atoms with Crippen molar-refractivity contribution in [3.05, 3.63) is 71.0 Å². The van der Waals surface area contributed by atoms with Gasteiger partial charge in [-0.15, -0.1) is 0 Å². The maximum absolute atomic E-state index is 12.7. The molecule has 0 saturated heterocycles. The quantitative estimate of drug-likeness (QED) is 0.514. The van der Waals surface area contributed by atoms with E-state index in [0.717, 1.165) is 21.0 Å². The molecule has 1 heterocycles. The highest BCUT2D eigenvalue weighted by Gasteiger charge is 2.15. The van der Waals surface area contributed by atoms with Crippen LogP contribution >= 0.6 is 11.3 Å². The van der Waals surface area contributed by atoms with Crippen LogP contribution in [0.5, 0.6) is 0 Å². The maximum Gasteiger partial charge on any atom is 0.279 e. The number of benzene rings is 3. The van der Waals surface area contributed by atoms with Crippen LogP contribution in [0.3, 0.4) is 0 Å². The molecule has 0 fully saturated rings. The number of sulfone groups is 1. The van der Waals surface area contributed by atoms with E-state index in [1.54, 1.807) is 19.1 Å². The Kier molecular flexibility index (Phi) is 4.64. The first kappa shape index (κ1) is 18.6. The summed E-state index contributed by atoms with van der Waals surface area (Å²) in [6, 6.07) is 18.2. The third-order valence-electron chi connectivity index (χ3n) is 4.70. The Morgan fingerprint density at radius 1 is 1.07 bits per heavy atom. The topological polar surface area (TPSA) is 68.5 Å². The predicted octanol–water partition coefficient (Wildman–Crippen LogP) is 3.93. The molecule has 0 saturated carbocycles. The van der Waals surface area contributed by atoms with Gasteiger partial charge in [0.2, 0.25) is 0 Å². The summed E-state index contributed by atoms with van der Waals surface area (Å²) in [5, 5.41) is 2.22. The minimum atomic E-state index is -3.38. The largest absolute Gasteiger partial charge is 0.319 e.